The van der Waals surface area contributed by atoms with Gasteiger partial charge in [-0.3, -0.25) is 0 Å². The summed E-state index contributed by atoms with van der Waals surface area (Å²) < 4.78 is 1.75. The molecule has 0 saturated heterocycles. The van der Waals surface area contributed by atoms with E-state index in [1.165, 1.54) is 0 Å². The van der Waals surface area contributed by atoms with Crippen LogP contribution in [0.25, 0.3) is 5.65 Å². The molecule has 1 aliphatic heterocycles. The highest BCUT2D eigenvalue weighted by molar-refractivity contribution is 6.30. The first-order valence-corrected chi connectivity index (χ1v) is 6.78. The maximum atomic E-state index is 9.09. The number of hydrogen-bond donors (Lipinski definition) is 0. The summed E-state index contributed by atoms with van der Waals surface area (Å²) >= 11 is 6.26. The van der Waals surface area contributed by atoms with Gasteiger partial charge >= 0.3 is 0 Å². The Morgan fingerprint density at radius 1 is 1.58 bits per heavy atom. The van der Waals surface area contributed by atoms with Crippen LogP contribution < -0.4 is 4.90 Å². The third-order valence-corrected chi connectivity index (χ3v) is 4.10. The number of anilines is 1. The van der Waals surface area contributed by atoms with Crippen LogP contribution in [0.3, 0.4) is 0 Å². The van der Waals surface area contributed by atoms with E-state index in [2.05, 4.69) is 34.9 Å². The van der Waals surface area contributed by atoms with Crippen molar-refractivity contribution in [2.75, 3.05) is 11.4 Å². The first kappa shape index (κ1) is 12.2. The van der Waals surface area contributed by atoms with Crippen molar-refractivity contribution < 1.29 is 0 Å². The van der Waals surface area contributed by atoms with Crippen molar-refractivity contribution in [1.29, 1.82) is 5.26 Å². The minimum absolute atomic E-state index is 0.414. The van der Waals surface area contributed by atoms with E-state index in [-0.39, 0.29) is 0 Å². The number of nitriles is 1. The number of halogens is 1. The largest absolute Gasteiger partial charge is 0.353 e. The number of hydrogen-bond acceptors (Lipinski definition) is 4. The number of fused-ring (bicyclic) bond motifs is 3. The van der Waals surface area contributed by atoms with Crippen LogP contribution in [-0.4, -0.2) is 27.2 Å². The Labute approximate surface area is 116 Å². The molecule has 3 heterocycles. The quantitative estimate of drug-likeness (QED) is 0.790. The molecule has 1 aliphatic rings. The van der Waals surface area contributed by atoms with Gasteiger partial charge in [-0.2, -0.15) is 14.9 Å². The molecular weight excluding hydrogens is 262 g/mol. The summed E-state index contributed by atoms with van der Waals surface area (Å²) in [5, 5.41) is 13.9. The highest BCUT2D eigenvalue weighted by Crippen LogP contribution is 2.35. The minimum atomic E-state index is 0.414. The van der Waals surface area contributed by atoms with E-state index >= 15 is 0 Å². The normalized spacial score (nSPS) is 15.6. The van der Waals surface area contributed by atoms with Crippen molar-refractivity contribution in [2.45, 2.75) is 32.7 Å². The monoisotopic (exact) mass is 275 g/mol. The molecule has 0 aliphatic carbocycles. The first-order valence-electron chi connectivity index (χ1n) is 6.40. The Morgan fingerprint density at radius 2 is 2.37 bits per heavy atom. The zero-order valence-corrected chi connectivity index (χ0v) is 11.6. The number of nitrogens with zero attached hydrogens (tertiary/aromatic N) is 5. The van der Waals surface area contributed by atoms with E-state index in [1.54, 1.807) is 10.7 Å². The summed E-state index contributed by atoms with van der Waals surface area (Å²) in [7, 11) is 0. The zero-order valence-electron chi connectivity index (χ0n) is 10.9. The summed E-state index contributed by atoms with van der Waals surface area (Å²) in [6.07, 6.45) is 3.47. The van der Waals surface area contributed by atoms with Crippen LogP contribution in [0, 0.1) is 11.3 Å². The lowest BCUT2D eigenvalue weighted by Crippen LogP contribution is -2.32. The number of rotatable bonds is 2. The Balaban J connectivity index is 2.28. The van der Waals surface area contributed by atoms with Gasteiger partial charge in [-0.1, -0.05) is 18.5 Å². The second kappa shape index (κ2) is 4.39. The van der Waals surface area contributed by atoms with Crippen molar-refractivity contribution in [3.05, 3.63) is 22.5 Å². The van der Waals surface area contributed by atoms with Gasteiger partial charge in [0.1, 0.15) is 22.6 Å². The fraction of sp³-hybridized carbons (Fsp3) is 0.462. The molecule has 6 heteroatoms. The maximum absolute atomic E-state index is 9.09. The van der Waals surface area contributed by atoms with Gasteiger partial charge in [0.25, 0.3) is 0 Å². The van der Waals surface area contributed by atoms with Gasteiger partial charge in [0, 0.05) is 18.2 Å². The average molecular weight is 276 g/mol. The van der Waals surface area contributed by atoms with E-state index in [9.17, 15) is 0 Å². The van der Waals surface area contributed by atoms with Gasteiger partial charge in [-0.25, -0.2) is 4.98 Å². The molecule has 0 fully saturated rings. The molecule has 1 atom stereocenters. The predicted molar refractivity (Wildman–Crippen MR) is 73.5 cm³/mol. The molecule has 0 spiro atoms. The van der Waals surface area contributed by atoms with Crippen LogP contribution in [0.2, 0.25) is 5.15 Å². The zero-order chi connectivity index (χ0) is 13.6. The van der Waals surface area contributed by atoms with Crippen molar-refractivity contribution >= 4 is 23.1 Å². The van der Waals surface area contributed by atoms with Crippen molar-refractivity contribution in [1.82, 2.24) is 14.6 Å². The molecule has 0 amide bonds. The average Bonchev–Trinajstić information content (AvgIpc) is 3.01. The summed E-state index contributed by atoms with van der Waals surface area (Å²) in [5.74, 6) is 0.992. The van der Waals surface area contributed by atoms with E-state index in [0.29, 0.717) is 22.4 Å². The summed E-state index contributed by atoms with van der Waals surface area (Å²) in [4.78, 5) is 6.61. The molecule has 0 aromatic carbocycles. The van der Waals surface area contributed by atoms with Crippen molar-refractivity contribution in [3.8, 4) is 6.07 Å². The fourth-order valence-corrected chi connectivity index (χ4v) is 2.82. The summed E-state index contributed by atoms with van der Waals surface area (Å²) in [5.41, 5.74) is 2.03. The first-order chi connectivity index (χ1) is 9.17. The third-order valence-electron chi connectivity index (χ3n) is 3.79. The summed E-state index contributed by atoms with van der Waals surface area (Å²) in [6, 6.07) is 2.52. The highest BCUT2D eigenvalue weighted by atomic mass is 35.5. The van der Waals surface area contributed by atoms with Crippen molar-refractivity contribution in [2.24, 2.45) is 0 Å². The Bertz CT molecular complexity index is 684. The molecule has 5 nitrogen and oxygen atoms in total. The Kier molecular flexibility index (Phi) is 2.83. The molecule has 1 unspecified atom stereocenters. The van der Waals surface area contributed by atoms with Gasteiger partial charge in [-0.05, 0) is 19.8 Å². The maximum Gasteiger partial charge on any atom is 0.176 e. The van der Waals surface area contributed by atoms with Crippen LogP contribution in [-0.2, 0) is 6.42 Å². The smallest absolute Gasteiger partial charge is 0.176 e. The third kappa shape index (κ3) is 1.67. The van der Waals surface area contributed by atoms with Gasteiger partial charge in [-0.15, -0.1) is 0 Å². The predicted octanol–water partition coefficient (Wildman–Crippen LogP) is 2.42. The number of aromatic nitrogens is 3. The second-order valence-corrected chi connectivity index (χ2v) is 5.17. The molecule has 0 N–H and O–H groups in total. The van der Waals surface area contributed by atoms with Gasteiger partial charge < -0.3 is 4.90 Å². The van der Waals surface area contributed by atoms with Gasteiger partial charge in [0.2, 0.25) is 0 Å². The van der Waals surface area contributed by atoms with E-state index in [4.69, 9.17) is 16.9 Å². The Hall–Kier alpha value is -1.80. The van der Waals surface area contributed by atoms with Crippen LogP contribution in [0.4, 0.5) is 5.82 Å². The molecule has 2 aromatic heterocycles. The van der Waals surface area contributed by atoms with Crippen LogP contribution in [0.15, 0.2) is 6.20 Å². The van der Waals surface area contributed by atoms with E-state index in [0.717, 1.165) is 30.8 Å². The topological polar surface area (TPSA) is 57.2 Å². The van der Waals surface area contributed by atoms with Crippen LogP contribution >= 0.6 is 11.6 Å². The molecule has 0 saturated carbocycles. The molecule has 0 bridgehead atoms. The van der Waals surface area contributed by atoms with Crippen LogP contribution in [0.5, 0.6) is 0 Å². The molecular formula is C13H14ClN5. The minimum Gasteiger partial charge on any atom is -0.353 e. The molecule has 0 radical (unpaired) electrons. The highest BCUT2D eigenvalue weighted by Gasteiger charge is 2.29. The lowest BCUT2D eigenvalue weighted by atomic mass is 10.2. The van der Waals surface area contributed by atoms with E-state index in [1.807, 2.05) is 0 Å². The molecule has 3 rings (SSSR count). The summed E-state index contributed by atoms with van der Waals surface area (Å²) in [6.45, 7) is 5.27. The fourth-order valence-electron chi connectivity index (χ4n) is 2.56. The Morgan fingerprint density at radius 3 is 3.05 bits per heavy atom. The SMILES string of the molecule is CCC(C)N1CCc2c(Cl)nc3c(C#N)cnn3c21. The molecule has 98 valence electrons. The molecule has 2 aromatic rings. The standard InChI is InChI=1S/C13H14ClN5/c1-3-8(2)18-5-4-10-11(14)17-12-9(6-15)7-16-19(12)13(10)18/h7-8H,3-5H2,1-2H3. The van der Waals surface area contributed by atoms with Gasteiger partial charge in [0.05, 0.1) is 6.20 Å². The second-order valence-electron chi connectivity index (χ2n) is 4.81. The lowest BCUT2D eigenvalue weighted by molar-refractivity contribution is 0.623. The lowest BCUT2D eigenvalue weighted by Gasteiger charge is -2.26. The van der Waals surface area contributed by atoms with Crippen LogP contribution in [0.1, 0.15) is 31.4 Å². The van der Waals surface area contributed by atoms with Gasteiger partial charge in [0.15, 0.2) is 5.65 Å². The van der Waals surface area contributed by atoms with Crippen molar-refractivity contribution in [3.63, 3.8) is 0 Å². The van der Waals surface area contributed by atoms with E-state index < -0.39 is 0 Å². The molecule has 19 heavy (non-hydrogen) atoms.